The van der Waals surface area contributed by atoms with E-state index < -0.39 is 0 Å². The second-order valence-electron chi connectivity index (χ2n) is 10.0. The van der Waals surface area contributed by atoms with E-state index >= 15 is 0 Å². The third-order valence-corrected chi connectivity index (χ3v) is 9.11. The van der Waals surface area contributed by atoms with Crippen LogP contribution in [0.4, 0.5) is 5.00 Å². The molecule has 39 heavy (non-hydrogen) atoms. The predicted molar refractivity (Wildman–Crippen MR) is 156 cm³/mol. The summed E-state index contributed by atoms with van der Waals surface area (Å²) in [6.45, 7) is 8.94. The zero-order valence-corrected chi connectivity index (χ0v) is 25.0. The number of amides is 1. The lowest BCUT2D eigenvalue weighted by atomic mass is 9.96. The summed E-state index contributed by atoms with van der Waals surface area (Å²) in [6.07, 6.45) is 5.94. The lowest BCUT2D eigenvalue weighted by molar-refractivity contribution is -0.113. The molecule has 0 bridgehead atoms. The highest BCUT2D eigenvalue weighted by atomic mass is 32.2. The average molecular weight is 571 g/mol. The fourth-order valence-electron chi connectivity index (χ4n) is 4.81. The number of anilines is 1. The van der Waals surface area contributed by atoms with Gasteiger partial charge in [-0.05, 0) is 68.7 Å². The first kappa shape index (κ1) is 29.1. The summed E-state index contributed by atoms with van der Waals surface area (Å²) in [4.78, 5) is 26.8. The van der Waals surface area contributed by atoms with Crippen molar-refractivity contribution < 1.29 is 19.1 Å². The molecule has 0 fully saturated rings. The van der Waals surface area contributed by atoms with Crippen molar-refractivity contribution in [1.82, 2.24) is 14.8 Å². The Morgan fingerprint density at radius 2 is 1.79 bits per heavy atom. The molecule has 4 rings (SSSR count). The zero-order valence-electron chi connectivity index (χ0n) is 23.4. The molecule has 1 aliphatic carbocycles. The third kappa shape index (κ3) is 7.03. The van der Waals surface area contributed by atoms with Crippen LogP contribution in [0, 0.1) is 0 Å². The van der Waals surface area contributed by atoms with Crippen LogP contribution in [-0.2, 0) is 28.9 Å². The van der Waals surface area contributed by atoms with Gasteiger partial charge in [-0.15, -0.1) is 21.5 Å². The molecule has 1 aromatic carbocycles. The molecular weight excluding hydrogens is 532 g/mol. The van der Waals surface area contributed by atoms with Gasteiger partial charge in [-0.2, -0.15) is 0 Å². The van der Waals surface area contributed by atoms with E-state index in [9.17, 15) is 9.59 Å². The van der Waals surface area contributed by atoms with Crippen molar-refractivity contribution in [3.05, 3.63) is 51.7 Å². The molecule has 10 heteroatoms. The maximum Gasteiger partial charge on any atom is 0.341 e. The SMILES string of the molecule is CCn1c(SCC(=O)Nc2sc3c(c2C(=O)OC)CCCCCC3)nnc1C(C)Oc1ccc(C(C)C)cc1. The number of methoxy groups -OCH3 is 1. The van der Waals surface area contributed by atoms with Crippen molar-refractivity contribution in [2.45, 2.75) is 89.9 Å². The maximum absolute atomic E-state index is 13.0. The van der Waals surface area contributed by atoms with Crippen LogP contribution in [-0.4, -0.2) is 39.5 Å². The lowest BCUT2D eigenvalue weighted by Gasteiger charge is -2.16. The highest BCUT2D eigenvalue weighted by Gasteiger charge is 2.26. The molecule has 0 aliphatic heterocycles. The standard InChI is InChI=1S/C29H38N4O4S2/c1-6-33-26(19(4)37-21-15-13-20(14-16-21)18(2)3)31-32-29(33)38-17-24(34)30-27-25(28(35)36-5)22-11-9-7-8-10-12-23(22)39-27/h13-16,18-19H,6-12,17H2,1-5H3,(H,30,34). The normalized spacial score (nSPS) is 14.3. The Kier molecular flexibility index (Phi) is 10.1. The molecule has 0 radical (unpaired) electrons. The fraction of sp³-hybridized carbons (Fsp3) is 0.517. The zero-order chi connectivity index (χ0) is 27.9. The number of nitrogens with one attached hydrogen (secondary N) is 1. The second-order valence-corrected chi connectivity index (χ2v) is 12.1. The lowest BCUT2D eigenvalue weighted by Crippen LogP contribution is -2.17. The molecule has 8 nitrogen and oxygen atoms in total. The third-order valence-electron chi connectivity index (χ3n) is 6.93. The number of fused-ring (bicyclic) bond motifs is 1. The summed E-state index contributed by atoms with van der Waals surface area (Å²) in [5.74, 6) is 1.51. The van der Waals surface area contributed by atoms with Crippen molar-refractivity contribution >= 4 is 40.0 Å². The Hall–Kier alpha value is -2.85. The van der Waals surface area contributed by atoms with Gasteiger partial charge in [0.1, 0.15) is 10.8 Å². The number of hydrogen-bond acceptors (Lipinski definition) is 8. The van der Waals surface area contributed by atoms with Crippen molar-refractivity contribution in [3.8, 4) is 5.75 Å². The van der Waals surface area contributed by atoms with Crippen LogP contribution in [0.15, 0.2) is 29.4 Å². The first-order chi connectivity index (χ1) is 18.8. The number of nitrogens with zero attached hydrogens (tertiary/aromatic N) is 3. The molecule has 2 heterocycles. The van der Waals surface area contributed by atoms with Gasteiger partial charge in [-0.25, -0.2) is 4.79 Å². The number of thiophene rings is 1. The summed E-state index contributed by atoms with van der Waals surface area (Å²) in [7, 11) is 1.39. The molecule has 1 amide bonds. The van der Waals surface area contributed by atoms with Gasteiger partial charge in [0.15, 0.2) is 17.1 Å². The van der Waals surface area contributed by atoms with Crippen LogP contribution in [0.2, 0.25) is 0 Å². The Labute approximate surface area is 238 Å². The number of aryl methyl sites for hydroxylation is 1. The number of aromatic nitrogens is 3. The van der Waals surface area contributed by atoms with Crippen LogP contribution >= 0.6 is 23.1 Å². The molecular formula is C29H38N4O4S2. The number of benzene rings is 1. The quantitative estimate of drug-likeness (QED) is 0.212. The summed E-state index contributed by atoms with van der Waals surface area (Å²) in [6, 6.07) is 8.12. The van der Waals surface area contributed by atoms with Gasteiger partial charge in [0.25, 0.3) is 0 Å². The number of rotatable bonds is 10. The van der Waals surface area contributed by atoms with E-state index in [1.165, 1.54) is 47.1 Å². The van der Waals surface area contributed by atoms with E-state index in [4.69, 9.17) is 9.47 Å². The van der Waals surface area contributed by atoms with Gasteiger partial charge in [-0.3, -0.25) is 4.79 Å². The Morgan fingerprint density at radius 1 is 1.08 bits per heavy atom. The molecule has 2 aromatic heterocycles. The van der Waals surface area contributed by atoms with Crippen LogP contribution in [0.1, 0.15) is 97.6 Å². The summed E-state index contributed by atoms with van der Waals surface area (Å²) >= 11 is 2.83. The Morgan fingerprint density at radius 3 is 2.46 bits per heavy atom. The number of carbonyl (C=O) groups is 2. The molecule has 210 valence electrons. The minimum Gasteiger partial charge on any atom is -0.483 e. The maximum atomic E-state index is 13.0. The van der Waals surface area contributed by atoms with Crippen molar-refractivity contribution in [2.75, 3.05) is 18.2 Å². The van der Waals surface area contributed by atoms with Crippen molar-refractivity contribution in [2.24, 2.45) is 0 Å². The van der Waals surface area contributed by atoms with E-state index in [1.807, 2.05) is 30.5 Å². The molecule has 1 atom stereocenters. The van der Waals surface area contributed by atoms with E-state index in [0.717, 1.165) is 43.4 Å². The van der Waals surface area contributed by atoms with Crippen LogP contribution in [0.3, 0.4) is 0 Å². The summed E-state index contributed by atoms with van der Waals surface area (Å²) in [5, 5.41) is 12.9. The minimum atomic E-state index is -0.390. The van der Waals surface area contributed by atoms with E-state index in [2.05, 4.69) is 41.5 Å². The smallest absolute Gasteiger partial charge is 0.341 e. The van der Waals surface area contributed by atoms with Crippen LogP contribution < -0.4 is 10.1 Å². The number of carbonyl (C=O) groups excluding carboxylic acids is 2. The van der Waals surface area contributed by atoms with Gasteiger partial charge in [0, 0.05) is 11.4 Å². The summed E-state index contributed by atoms with van der Waals surface area (Å²) < 4.78 is 13.2. The molecule has 1 aliphatic rings. The van der Waals surface area contributed by atoms with E-state index in [-0.39, 0.29) is 23.7 Å². The number of thioether (sulfide) groups is 1. The Balaban J connectivity index is 1.42. The highest BCUT2D eigenvalue weighted by molar-refractivity contribution is 7.99. The monoisotopic (exact) mass is 570 g/mol. The summed E-state index contributed by atoms with van der Waals surface area (Å²) in [5.41, 5.74) is 2.82. The predicted octanol–water partition coefficient (Wildman–Crippen LogP) is 6.80. The van der Waals surface area contributed by atoms with E-state index in [0.29, 0.717) is 34.0 Å². The molecule has 0 saturated carbocycles. The second kappa shape index (κ2) is 13.5. The van der Waals surface area contributed by atoms with Crippen LogP contribution in [0.25, 0.3) is 0 Å². The first-order valence-electron chi connectivity index (χ1n) is 13.7. The van der Waals surface area contributed by atoms with Gasteiger partial charge >= 0.3 is 5.97 Å². The average Bonchev–Trinajstić information content (AvgIpc) is 3.47. The van der Waals surface area contributed by atoms with E-state index in [1.54, 1.807) is 0 Å². The molecule has 0 saturated heterocycles. The molecule has 3 aromatic rings. The topological polar surface area (TPSA) is 95.3 Å². The number of esters is 1. The highest BCUT2D eigenvalue weighted by Crippen LogP contribution is 2.38. The van der Waals surface area contributed by atoms with Gasteiger partial charge in [0.2, 0.25) is 5.91 Å². The molecule has 1 N–H and O–H groups in total. The fourth-order valence-corrected chi connectivity index (χ4v) is 6.91. The van der Waals surface area contributed by atoms with Crippen molar-refractivity contribution in [1.29, 1.82) is 0 Å². The van der Waals surface area contributed by atoms with Crippen LogP contribution in [0.5, 0.6) is 5.75 Å². The molecule has 1 unspecified atom stereocenters. The van der Waals surface area contributed by atoms with Gasteiger partial charge in [-0.1, -0.05) is 50.6 Å². The largest absolute Gasteiger partial charge is 0.483 e. The Bertz CT molecular complexity index is 1280. The van der Waals surface area contributed by atoms with Gasteiger partial charge in [0.05, 0.1) is 18.4 Å². The van der Waals surface area contributed by atoms with Gasteiger partial charge < -0.3 is 19.4 Å². The first-order valence-corrected chi connectivity index (χ1v) is 15.5. The minimum absolute atomic E-state index is 0.146. The number of hydrogen-bond donors (Lipinski definition) is 1. The van der Waals surface area contributed by atoms with Crippen molar-refractivity contribution in [3.63, 3.8) is 0 Å². The molecule has 0 spiro atoms. The number of ether oxygens (including phenoxy) is 2.